The summed E-state index contributed by atoms with van der Waals surface area (Å²) in [6.45, 7) is 6.01. The molecule has 0 aromatic heterocycles. The molecule has 0 aromatic carbocycles. The molecule has 4 heteroatoms. The number of methoxy groups -OCH3 is 1. The predicted octanol–water partition coefficient (Wildman–Crippen LogP) is 1.45. The van der Waals surface area contributed by atoms with Crippen LogP contribution in [0.15, 0.2) is 0 Å². The number of hydrogen-bond donors (Lipinski definition) is 2. The largest absolute Gasteiger partial charge is 0.381 e. The Hall–Kier alpha value is -0.160. The average molecular weight is 230 g/mol. The minimum atomic E-state index is -0.142. The Morgan fingerprint density at radius 1 is 1.38 bits per heavy atom. The zero-order valence-electron chi connectivity index (χ0n) is 10.8. The summed E-state index contributed by atoms with van der Waals surface area (Å²) in [5.74, 6) is 6.30. The molecule has 1 aliphatic heterocycles. The van der Waals surface area contributed by atoms with Crippen molar-refractivity contribution in [3.63, 3.8) is 0 Å². The van der Waals surface area contributed by atoms with Gasteiger partial charge < -0.3 is 9.47 Å². The predicted molar refractivity (Wildman–Crippen MR) is 65.0 cm³/mol. The van der Waals surface area contributed by atoms with E-state index in [2.05, 4.69) is 19.3 Å². The van der Waals surface area contributed by atoms with Crippen LogP contribution in [0.4, 0.5) is 0 Å². The molecule has 1 atom stereocenters. The third kappa shape index (κ3) is 2.74. The summed E-state index contributed by atoms with van der Waals surface area (Å²) in [6, 6.07) is 0.219. The van der Waals surface area contributed by atoms with E-state index in [-0.39, 0.29) is 11.6 Å². The number of hydrazine groups is 1. The average Bonchev–Trinajstić information content (AvgIpc) is 2.37. The lowest BCUT2D eigenvalue weighted by Crippen LogP contribution is -2.58. The summed E-state index contributed by atoms with van der Waals surface area (Å²) in [4.78, 5) is 0. The smallest absolute Gasteiger partial charge is 0.0841 e. The minimum Gasteiger partial charge on any atom is -0.381 e. The molecule has 0 radical (unpaired) electrons. The first-order valence-corrected chi connectivity index (χ1v) is 6.33. The quantitative estimate of drug-likeness (QED) is 0.535. The lowest BCUT2D eigenvalue weighted by atomic mass is 9.77. The lowest BCUT2D eigenvalue weighted by Gasteiger charge is -2.43. The van der Waals surface area contributed by atoms with Gasteiger partial charge in [0.1, 0.15) is 0 Å². The summed E-state index contributed by atoms with van der Waals surface area (Å²) < 4.78 is 11.2. The van der Waals surface area contributed by atoms with Crippen molar-refractivity contribution >= 4 is 0 Å². The van der Waals surface area contributed by atoms with Crippen molar-refractivity contribution in [3.05, 3.63) is 0 Å². The number of nitrogens with one attached hydrogen (secondary N) is 1. The van der Waals surface area contributed by atoms with Gasteiger partial charge >= 0.3 is 0 Å². The van der Waals surface area contributed by atoms with Crippen LogP contribution in [-0.4, -0.2) is 32.0 Å². The van der Waals surface area contributed by atoms with Crippen LogP contribution >= 0.6 is 0 Å². The zero-order chi connectivity index (χ0) is 12.0. The maximum absolute atomic E-state index is 5.76. The summed E-state index contributed by atoms with van der Waals surface area (Å²) in [6.07, 6.45) is 4.10. The number of ether oxygens (including phenoxy) is 2. The normalized spacial score (nSPS) is 21.0. The molecule has 96 valence electrons. The van der Waals surface area contributed by atoms with E-state index in [1.165, 1.54) is 0 Å². The molecule has 0 amide bonds. The Morgan fingerprint density at radius 3 is 2.31 bits per heavy atom. The Morgan fingerprint density at radius 2 is 1.94 bits per heavy atom. The van der Waals surface area contributed by atoms with E-state index in [1.54, 1.807) is 7.11 Å². The van der Waals surface area contributed by atoms with Gasteiger partial charge in [-0.3, -0.25) is 11.3 Å². The van der Waals surface area contributed by atoms with Gasteiger partial charge in [-0.15, -0.1) is 0 Å². The van der Waals surface area contributed by atoms with E-state index in [0.29, 0.717) is 5.92 Å². The Balaban J connectivity index is 2.76. The van der Waals surface area contributed by atoms with Crippen LogP contribution in [0, 0.1) is 5.92 Å². The van der Waals surface area contributed by atoms with Crippen LogP contribution in [0.25, 0.3) is 0 Å². The highest BCUT2D eigenvalue weighted by Gasteiger charge is 2.40. The molecule has 0 aromatic rings. The van der Waals surface area contributed by atoms with Crippen LogP contribution in [-0.2, 0) is 9.47 Å². The van der Waals surface area contributed by atoms with E-state index < -0.39 is 0 Å². The molecule has 1 aliphatic rings. The van der Waals surface area contributed by atoms with Crippen LogP contribution < -0.4 is 11.3 Å². The van der Waals surface area contributed by atoms with Crippen LogP contribution in [0.2, 0.25) is 0 Å². The lowest BCUT2D eigenvalue weighted by molar-refractivity contribution is -0.0773. The Labute approximate surface area is 98.8 Å². The van der Waals surface area contributed by atoms with Crippen molar-refractivity contribution in [2.45, 2.75) is 51.2 Å². The second-order valence-corrected chi connectivity index (χ2v) is 4.57. The van der Waals surface area contributed by atoms with Gasteiger partial charge in [-0.05, 0) is 31.6 Å². The second kappa shape index (κ2) is 6.55. The molecule has 1 saturated heterocycles. The highest BCUT2D eigenvalue weighted by molar-refractivity contribution is 4.95. The molecule has 1 rings (SSSR count). The summed E-state index contributed by atoms with van der Waals surface area (Å²) in [5.41, 5.74) is 2.84. The molecule has 1 fully saturated rings. The Bertz CT molecular complexity index is 181. The highest BCUT2D eigenvalue weighted by atomic mass is 16.5. The van der Waals surface area contributed by atoms with Gasteiger partial charge in [0.05, 0.1) is 11.6 Å². The van der Waals surface area contributed by atoms with Crippen molar-refractivity contribution in [2.75, 3.05) is 20.3 Å². The monoisotopic (exact) mass is 230 g/mol. The standard InChI is InChI=1S/C12H26N2O2/c1-4-12(5-2,15-3)11(14-13)10-6-8-16-9-7-10/h10-11,14H,4-9,13H2,1-3H3. The van der Waals surface area contributed by atoms with Gasteiger partial charge in [-0.25, -0.2) is 0 Å². The summed E-state index contributed by atoms with van der Waals surface area (Å²) in [7, 11) is 1.79. The highest BCUT2D eigenvalue weighted by Crippen LogP contribution is 2.32. The first-order chi connectivity index (χ1) is 7.74. The van der Waals surface area contributed by atoms with Crippen molar-refractivity contribution in [1.29, 1.82) is 0 Å². The molecule has 0 bridgehead atoms. The van der Waals surface area contributed by atoms with Gasteiger partial charge in [0.25, 0.3) is 0 Å². The van der Waals surface area contributed by atoms with Crippen LogP contribution in [0.1, 0.15) is 39.5 Å². The third-order valence-electron chi connectivity index (χ3n) is 4.09. The molecular weight excluding hydrogens is 204 g/mol. The van der Waals surface area contributed by atoms with E-state index in [9.17, 15) is 0 Å². The molecule has 3 N–H and O–H groups in total. The summed E-state index contributed by atoms with van der Waals surface area (Å²) >= 11 is 0. The number of hydrogen-bond acceptors (Lipinski definition) is 4. The first-order valence-electron chi connectivity index (χ1n) is 6.33. The van der Waals surface area contributed by atoms with Crippen LogP contribution in [0.5, 0.6) is 0 Å². The van der Waals surface area contributed by atoms with Gasteiger partial charge in [-0.1, -0.05) is 13.8 Å². The molecular formula is C12H26N2O2. The van der Waals surface area contributed by atoms with E-state index >= 15 is 0 Å². The van der Waals surface area contributed by atoms with E-state index in [0.717, 1.165) is 38.9 Å². The van der Waals surface area contributed by atoms with Gasteiger partial charge in [-0.2, -0.15) is 0 Å². The molecule has 0 aliphatic carbocycles. The van der Waals surface area contributed by atoms with Crippen molar-refractivity contribution < 1.29 is 9.47 Å². The molecule has 4 nitrogen and oxygen atoms in total. The molecule has 0 spiro atoms. The van der Waals surface area contributed by atoms with Gasteiger partial charge in [0.15, 0.2) is 0 Å². The minimum absolute atomic E-state index is 0.142. The molecule has 1 unspecified atom stereocenters. The van der Waals surface area contributed by atoms with Crippen molar-refractivity contribution in [3.8, 4) is 0 Å². The Kier molecular flexibility index (Phi) is 5.69. The first kappa shape index (κ1) is 13.9. The molecule has 16 heavy (non-hydrogen) atoms. The number of rotatable bonds is 6. The zero-order valence-corrected chi connectivity index (χ0v) is 10.8. The van der Waals surface area contributed by atoms with Gasteiger partial charge in [0.2, 0.25) is 0 Å². The maximum Gasteiger partial charge on any atom is 0.0841 e. The van der Waals surface area contributed by atoms with Crippen molar-refractivity contribution in [1.82, 2.24) is 5.43 Å². The SMILES string of the molecule is CCC(CC)(OC)C(NN)C1CCOCC1. The second-order valence-electron chi connectivity index (χ2n) is 4.57. The number of nitrogens with two attached hydrogens (primary N) is 1. The maximum atomic E-state index is 5.76. The van der Waals surface area contributed by atoms with E-state index in [1.807, 2.05) is 0 Å². The summed E-state index contributed by atoms with van der Waals surface area (Å²) in [5, 5.41) is 0. The van der Waals surface area contributed by atoms with Crippen molar-refractivity contribution in [2.24, 2.45) is 11.8 Å². The third-order valence-corrected chi connectivity index (χ3v) is 4.09. The topological polar surface area (TPSA) is 56.5 Å². The van der Waals surface area contributed by atoms with Gasteiger partial charge in [0, 0.05) is 20.3 Å². The molecule has 1 heterocycles. The van der Waals surface area contributed by atoms with Crippen LogP contribution in [0.3, 0.4) is 0 Å². The fourth-order valence-electron chi connectivity index (χ4n) is 2.87. The molecule has 0 saturated carbocycles. The fraction of sp³-hybridized carbons (Fsp3) is 1.00. The van der Waals surface area contributed by atoms with E-state index in [4.69, 9.17) is 15.3 Å². The fourth-order valence-corrected chi connectivity index (χ4v) is 2.87.